The lowest BCUT2D eigenvalue weighted by Gasteiger charge is -2.08. The molecular weight excluding hydrogens is 436 g/mol. The zero-order chi connectivity index (χ0) is 22.2. The van der Waals surface area contributed by atoms with Gasteiger partial charge in [0.2, 0.25) is 16.6 Å². The van der Waals surface area contributed by atoms with E-state index in [9.17, 15) is 13.2 Å². The van der Waals surface area contributed by atoms with Crippen LogP contribution in [-0.4, -0.2) is 58.2 Å². The summed E-state index contributed by atoms with van der Waals surface area (Å²) in [5, 5.41) is 3.66. The van der Waals surface area contributed by atoms with Crippen LogP contribution in [0.1, 0.15) is 29.9 Å². The molecule has 0 amide bonds. The van der Waals surface area contributed by atoms with Crippen LogP contribution in [0.4, 0.5) is 0 Å². The van der Waals surface area contributed by atoms with E-state index in [1.165, 1.54) is 38.0 Å². The van der Waals surface area contributed by atoms with Crippen LogP contribution in [0.5, 0.6) is 11.8 Å². The van der Waals surface area contributed by atoms with Gasteiger partial charge in [-0.2, -0.15) is 27.3 Å². The second-order valence-electron chi connectivity index (χ2n) is 6.33. The maximum Gasteiger partial charge on any atom is 0.343 e. The van der Waals surface area contributed by atoms with Gasteiger partial charge in [-0.05, 0) is 32.3 Å². The number of hydrogen-bond acceptors (Lipinski definition) is 10. The average Bonchev–Trinajstić information content (AvgIpc) is 3.18. The fraction of sp³-hybridized carbons (Fsp3) is 0.438. The highest BCUT2D eigenvalue weighted by atomic mass is 32.2. The van der Waals surface area contributed by atoms with Crippen molar-refractivity contribution in [2.45, 2.75) is 31.9 Å². The standard InChI is InChI=1S/C16H20N6O6S2/c1-8(2)28-14(23)12-9(3)19-21(4)13(12)30(24,25)20-16-18-15-17-10(26-5)7-11(27-6)22(15)29-16/h7-8H,1-6H3/b20-16+. The third-order valence-corrected chi connectivity index (χ3v) is 6.14. The Bertz CT molecular complexity index is 1290. The Kier molecular flexibility index (Phi) is 5.81. The fourth-order valence-electron chi connectivity index (χ4n) is 2.65. The predicted molar refractivity (Wildman–Crippen MR) is 105 cm³/mol. The van der Waals surface area contributed by atoms with E-state index in [1.54, 1.807) is 13.8 Å². The first kappa shape index (κ1) is 21.7. The zero-order valence-electron chi connectivity index (χ0n) is 17.1. The van der Waals surface area contributed by atoms with Crippen molar-refractivity contribution in [1.29, 1.82) is 0 Å². The normalized spacial score (nSPS) is 12.6. The molecule has 162 valence electrons. The van der Waals surface area contributed by atoms with Crippen LogP contribution in [0.2, 0.25) is 0 Å². The molecule has 0 fully saturated rings. The summed E-state index contributed by atoms with van der Waals surface area (Å²) in [6.45, 7) is 4.84. The first-order valence-corrected chi connectivity index (χ1v) is 10.8. The van der Waals surface area contributed by atoms with Crippen molar-refractivity contribution in [2.24, 2.45) is 11.4 Å². The van der Waals surface area contributed by atoms with Gasteiger partial charge < -0.3 is 14.2 Å². The van der Waals surface area contributed by atoms with Gasteiger partial charge in [0.05, 0.1) is 32.1 Å². The van der Waals surface area contributed by atoms with E-state index in [-0.39, 0.29) is 32.7 Å². The molecule has 14 heteroatoms. The highest BCUT2D eigenvalue weighted by Crippen LogP contribution is 2.23. The summed E-state index contributed by atoms with van der Waals surface area (Å²) < 4.78 is 47.9. The molecule has 0 unspecified atom stereocenters. The van der Waals surface area contributed by atoms with Crippen molar-refractivity contribution >= 4 is 33.3 Å². The van der Waals surface area contributed by atoms with Crippen molar-refractivity contribution < 1.29 is 27.4 Å². The molecule has 12 nitrogen and oxygen atoms in total. The van der Waals surface area contributed by atoms with E-state index < -0.39 is 22.1 Å². The predicted octanol–water partition coefficient (Wildman–Crippen LogP) is 0.705. The number of sulfonamides is 1. The number of carbonyl (C=O) groups excluding carboxylic acids is 1. The van der Waals surface area contributed by atoms with Crippen LogP contribution < -0.4 is 14.3 Å². The quantitative estimate of drug-likeness (QED) is 0.490. The first-order chi connectivity index (χ1) is 14.1. The lowest BCUT2D eigenvalue weighted by atomic mass is 10.2. The summed E-state index contributed by atoms with van der Waals surface area (Å²) >= 11 is 0.898. The summed E-state index contributed by atoms with van der Waals surface area (Å²) in [7, 11) is -0.0739. The molecule has 0 aliphatic rings. The molecule has 0 aromatic carbocycles. The topological polar surface area (TPSA) is 139 Å². The molecule has 0 bridgehead atoms. The molecule has 0 saturated heterocycles. The van der Waals surface area contributed by atoms with Gasteiger partial charge in [0.1, 0.15) is 5.56 Å². The molecule has 3 aromatic rings. The molecule has 30 heavy (non-hydrogen) atoms. The average molecular weight is 457 g/mol. The molecule has 3 rings (SSSR count). The number of rotatable bonds is 6. The Balaban J connectivity index is 2.18. The number of methoxy groups -OCH3 is 2. The number of fused-ring (bicyclic) bond motifs is 1. The molecule has 0 atom stereocenters. The van der Waals surface area contributed by atoms with Crippen molar-refractivity contribution in [3.63, 3.8) is 0 Å². The summed E-state index contributed by atoms with van der Waals surface area (Å²) in [6, 6.07) is 1.52. The minimum atomic E-state index is -4.36. The van der Waals surface area contributed by atoms with Gasteiger partial charge in [-0.1, -0.05) is 0 Å². The van der Waals surface area contributed by atoms with Crippen LogP contribution in [0.3, 0.4) is 0 Å². The molecule has 0 aliphatic carbocycles. The van der Waals surface area contributed by atoms with Gasteiger partial charge in [-0.25, -0.2) is 4.79 Å². The largest absolute Gasteiger partial charge is 0.481 e. The van der Waals surface area contributed by atoms with Crippen LogP contribution >= 0.6 is 11.5 Å². The van der Waals surface area contributed by atoms with E-state index >= 15 is 0 Å². The molecule has 0 spiro atoms. The maximum atomic E-state index is 13.0. The van der Waals surface area contributed by atoms with Crippen molar-refractivity contribution in [3.8, 4) is 11.8 Å². The smallest absolute Gasteiger partial charge is 0.343 e. The molecule has 0 radical (unpaired) electrons. The van der Waals surface area contributed by atoms with Gasteiger partial charge in [-0.15, -0.1) is 4.40 Å². The monoisotopic (exact) mass is 456 g/mol. The van der Waals surface area contributed by atoms with Gasteiger partial charge in [0, 0.05) is 7.05 Å². The van der Waals surface area contributed by atoms with E-state index in [0.717, 1.165) is 16.2 Å². The Labute approximate surface area is 176 Å². The fourth-order valence-corrected chi connectivity index (χ4v) is 4.94. The van der Waals surface area contributed by atoms with Crippen molar-refractivity contribution in [3.05, 3.63) is 22.1 Å². The summed E-state index contributed by atoms with van der Waals surface area (Å²) in [5.41, 5.74) is 0.0461. The summed E-state index contributed by atoms with van der Waals surface area (Å²) in [4.78, 5) is 20.6. The number of ether oxygens (including phenoxy) is 3. The van der Waals surface area contributed by atoms with E-state index in [1.807, 2.05) is 0 Å². The Morgan fingerprint density at radius 1 is 1.23 bits per heavy atom. The number of aryl methyl sites for hydroxylation is 2. The van der Waals surface area contributed by atoms with Gasteiger partial charge in [0.25, 0.3) is 5.78 Å². The van der Waals surface area contributed by atoms with Gasteiger partial charge in [0.15, 0.2) is 5.03 Å². The van der Waals surface area contributed by atoms with Crippen LogP contribution in [0.15, 0.2) is 15.5 Å². The van der Waals surface area contributed by atoms with E-state index in [0.29, 0.717) is 5.88 Å². The molecule has 3 aromatic heterocycles. The number of esters is 1. The number of nitrogens with zero attached hydrogens (tertiary/aromatic N) is 6. The maximum absolute atomic E-state index is 13.0. The van der Waals surface area contributed by atoms with Crippen LogP contribution in [-0.2, 0) is 21.8 Å². The summed E-state index contributed by atoms with van der Waals surface area (Å²) in [6.07, 6.45) is -0.432. The zero-order valence-corrected chi connectivity index (χ0v) is 18.7. The van der Waals surface area contributed by atoms with Crippen LogP contribution in [0, 0.1) is 6.92 Å². The van der Waals surface area contributed by atoms with E-state index in [2.05, 4.69) is 19.5 Å². The number of hydrogen-bond donors (Lipinski definition) is 0. The van der Waals surface area contributed by atoms with Crippen LogP contribution in [0.25, 0.3) is 5.78 Å². The minimum Gasteiger partial charge on any atom is -0.481 e. The lowest BCUT2D eigenvalue weighted by molar-refractivity contribution is 0.0372. The second-order valence-corrected chi connectivity index (χ2v) is 8.76. The SMILES string of the molecule is COc1cc(OC)n2s/c(=N/S(=O)(=O)c3c(C(=O)OC(C)C)c(C)nn3C)nc2n1. The first-order valence-electron chi connectivity index (χ1n) is 8.62. The number of aromatic nitrogens is 5. The second kappa shape index (κ2) is 8.02. The van der Waals surface area contributed by atoms with Crippen molar-refractivity contribution in [1.82, 2.24) is 23.5 Å². The third kappa shape index (κ3) is 4.00. The Hall–Kier alpha value is -3.00. The minimum absolute atomic E-state index is 0.115. The highest BCUT2D eigenvalue weighted by molar-refractivity contribution is 7.90. The number of carbonyl (C=O) groups is 1. The van der Waals surface area contributed by atoms with Crippen molar-refractivity contribution in [2.75, 3.05) is 14.2 Å². The third-order valence-electron chi connectivity index (χ3n) is 3.78. The molecule has 0 aliphatic heterocycles. The van der Waals surface area contributed by atoms with E-state index in [4.69, 9.17) is 14.2 Å². The molecule has 0 N–H and O–H groups in total. The lowest BCUT2D eigenvalue weighted by Crippen LogP contribution is -2.17. The molecular formula is C16H20N6O6S2. The summed E-state index contributed by atoms with van der Waals surface area (Å²) in [5.74, 6) is -0.0693. The highest BCUT2D eigenvalue weighted by Gasteiger charge is 2.31. The Morgan fingerprint density at radius 3 is 2.53 bits per heavy atom. The van der Waals surface area contributed by atoms with Gasteiger partial charge in [-0.3, -0.25) is 4.68 Å². The molecule has 3 heterocycles. The van der Waals surface area contributed by atoms with Gasteiger partial charge >= 0.3 is 16.0 Å². The Morgan fingerprint density at radius 2 is 1.93 bits per heavy atom. The molecule has 0 saturated carbocycles.